The zero-order valence-corrected chi connectivity index (χ0v) is 12.3. The molecule has 3 heteroatoms. The van der Waals surface area contributed by atoms with Crippen molar-refractivity contribution in [2.24, 2.45) is 5.73 Å². The highest BCUT2D eigenvalue weighted by Gasteiger charge is 2.21. The van der Waals surface area contributed by atoms with Crippen molar-refractivity contribution in [3.8, 4) is 0 Å². The van der Waals surface area contributed by atoms with E-state index >= 15 is 0 Å². The minimum atomic E-state index is -0.269. The molecule has 1 aliphatic heterocycles. The van der Waals surface area contributed by atoms with E-state index in [-0.39, 0.29) is 11.8 Å². The van der Waals surface area contributed by atoms with E-state index in [0.29, 0.717) is 0 Å². The van der Waals surface area contributed by atoms with Crippen LogP contribution in [-0.4, -0.2) is 12.5 Å². The van der Waals surface area contributed by atoms with Gasteiger partial charge in [-0.1, -0.05) is 42.5 Å². The van der Waals surface area contributed by atoms with Crippen LogP contribution in [0.3, 0.4) is 0 Å². The Hall–Kier alpha value is -2.29. The largest absolute Gasteiger partial charge is 0.369 e. The van der Waals surface area contributed by atoms with Crippen LogP contribution in [0, 0.1) is 0 Å². The third-order valence-corrected chi connectivity index (χ3v) is 4.24. The number of nitrogens with two attached hydrogens (primary N) is 1. The van der Waals surface area contributed by atoms with Crippen molar-refractivity contribution in [3.05, 3.63) is 65.2 Å². The van der Waals surface area contributed by atoms with Crippen LogP contribution in [0.4, 0.5) is 5.69 Å². The molecule has 3 rings (SSSR count). The molecule has 0 aromatic heterocycles. The second-order valence-electron chi connectivity index (χ2n) is 5.67. The molecule has 1 aliphatic rings. The predicted molar refractivity (Wildman–Crippen MR) is 85.2 cm³/mol. The van der Waals surface area contributed by atoms with Gasteiger partial charge in [-0.25, -0.2) is 0 Å². The van der Waals surface area contributed by atoms with E-state index in [1.807, 2.05) is 19.1 Å². The molecule has 1 atom stereocenters. The van der Waals surface area contributed by atoms with Crippen molar-refractivity contribution in [2.75, 3.05) is 11.4 Å². The van der Waals surface area contributed by atoms with Gasteiger partial charge in [-0.2, -0.15) is 0 Å². The van der Waals surface area contributed by atoms with Gasteiger partial charge in [0.15, 0.2) is 0 Å². The van der Waals surface area contributed by atoms with Gasteiger partial charge in [0.1, 0.15) is 0 Å². The number of hydrogen-bond donors (Lipinski definition) is 1. The normalized spacial score (nSPS) is 14.8. The summed E-state index contributed by atoms with van der Waals surface area (Å²) in [5.41, 5.74) is 10.3. The number of benzene rings is 2. The smallest absolute Gasteiger partial charge is 0.224 e. The topological polar surface area (TPSA) is 46.3 Å². The highest BCUT2D eigenvalue weighted by atomic mass is 16.1. The Labute approximate surface area is 125 Å². The molecule has 0 spiro atoms. The van der Waals surface area contributed by atoms with Gasteiger partial charge < -0.3 is 10.6 Å². The van der Waals surface area contributed by atoms with E-state index in [4.69, 9.17) is 5.73 Å². The van der Waals surface area contributed by atoms with Gasteiger partial charge in [0.25, 0.3) is 0 Å². The molecule has 1 unspecified atom stereocenters. The standard InChI is InChI=1S/C18H20N2O/c1-13(18(19)21)15-7-8-17-16(11-15)9-10-20(17)12-14-5-3-2-4-6-14/h2-8,11,13H,9-10,12H2,1H3,(H2,19,21). The third-order valence-electron chi connectivity index (χ3n) is 4.24. The summed E-state index contributed by atoms with van der Waals surface area (Å²) in [6.45, 7) is 3.82. The van der Waals surface area contributed by atoms with E-state index in [0.717, 1.165) is 25.1 Å². The molecule has 3 nitrogen and oxygen atoms in total. The first-order valence-electron chi connectivity index (χ1n) is 7.36. The molecule has 0 bridgehead atoms. The summed E-state index contributed by atoms with van der Waals surface area (Å²) in [5, 5.41) is 0. The second-order valence-corrected chi connectivity index (χ2v) is 5.67. The van der Waals surface area contributed by atoms with E-state index in [9.17, 15) is 4.79 Å². The van der Waals surface area contributed by atoms with Crippen LogP contribution >= 0.6 is 0 Å². The number of carbonyl (C=O) groups excluding carboxylic acids is 1. The number of carbonyl (C=O) groups is 1. The second kappa shape index (κ2) is 5.60. The SMILES string of the molecule is CC(C(N)=O)c1ccc2c(c1)CCN2Cc1ccccc1. The first-order chi connectivity index (χ1) is 10.1. The molecule has 2 aromatic rings. The zero-order valence-electron chi connectivity index (χ0n) is 12.3. The first-order valence-corrected chi connectivity index (χ1v) is 7.36. The van der Waals surface area contributed by atoms with Crippen molar-refractivity contribution >= 4 is 11.6 Å². The quantitative estimate of drug-likeness (QED) is 0.936. The van der Waals surface area contributed by atoms with Gasteiger partial charge in [-0.3, -0.25) is 4.79 Å². The fraction of sp³-hybridized carbons (Fsp3) is 0.278. The summed E-state index contributed by atoms with van der Waals surface area (Å²) < 4.78 is 0. The lowest BCUT2D eigenvalue weighted by Gasteiger charge is -2.20. The zero-order chi connectivity index (χ0) is 14.8. The molecular formula is C18H20N2O. The molecule has 1 heterocycles. The summed E-state index contributed by atoms with van der Waals surface area (Å²) in [5.74, 6) is -0.493. The molecule has 0 radical (unpaired) electrons. The van der Waals surface area contributed by atoms with Gasteiger partial charge in [0.2, 0.25) is 5.91 Å². The Bertz CT molecular complexity index is 652. The van der Waals surface area contributed by atoms with Gasteiger partial charge in [0, 0.05) is 18.8 Å². The number of rotatable bonds is 4. The van der Waals surface area contributed by atoms with Crippen LogP contribution in [0.5, 0.6) is 0 Å². The number of primary amides is 1. The van der Waals surface area contributed by atoms with Crippen molar-refractivity contribution in [1.29, 1.82) is 0 Å². The lowest BCUT2D eigenvalue weighted by molar-refractivity contribution is -0.119. The average Bonchev–Trinajstić information content (AvgIpc) is 2.90. The van der Waals surface area contributed by atoms with Crippen LogP contribution in [-0.2, 0) is 17.8 Å². The van der Waals surface area contributed by atoms with Gasteiger partial charge in [-0.05, 0) is 36.1 Å². The van der Waals surface area contributed by atoms with Crippen LogP contribution in [0.25, 0.3) is 0 Å². The minimum Gasteiger partial charge on any atom is -0.369 e. The summed E-state index contributed by atoms with van der Waals surface area (Å²) in [6.07, 6.45) is 1.03. The molecule has 0 aliphatic carbocycles. The van der Waals surface area contributed by atoms with Crippen molar-refractivity contribution in [1.82, 2.24) is 0 Å². The van der Waals surface area contributed by atoms with Crippen LogP contribution in [0.15, 0.2) is 48.5 Å². The maximum Gasteiger partial charge on any atom is 0.224 e. The summed E-state index contributed by atoms with van der Waals surface area (Å²) in [6, 6.07) is 16.8. The van der Waals surface area contributed by atoms with Crippen LogP contribution in [0.2, 0.25) is 0 Å². The summed E-state index contributed by atoms with van der Waals surface area (Å²) in [4.78, 5) is 13.7. The molecule has 2 aromatic carbocycles. The van der Waals surface area contributed by atoms with Crippen LogP contribution in [0.1, 0.15) is 29.5 Å². The Kier molecular flexibility index (Phi) is 3.65. The number of hydrogen-bond acceptors (Lipinski definition) is 2. The Morgan fingerprint density at radius 2 is 2.00 bits per heavy atom. The molecule has 0 saturated carbocycles. The van der Waals surface area contributed by atoms with Gasteiger partial charge in [0.05, 0.1) is 5.92 Å². The van der Waals surface area contributed by atoms with Crippen molar-refractivity contribution in [2.45, 2.75) is 25.8 Å². The molecular weight excluding hydrogens is 260 g/mol. The lowest BCUT2D eigenvalue weighted by Crippen LogP contribution is -2.20. The Morgan fingerprint density at radius 3 is 2.71 bits per heavy atom. The van der Waals surface area contributed by atoms with Gasteiger partial charge in [-0.15, -0.1) is 0 Å². The van der Waals surface area contributed by atoms with Crippen molar-refractivity contribution in [3.63, 3.8) is 0 Å². The molecule has 108 valence electrons. The Balaban J connectivity index is 1.82. The molecule has 0 fully saturated rings. The predicted octanol–water partition coefficient (Wildman–Crippen LogP) is 2.84. The van der Waals surface area contributed by atoms with E-state index in [1.54, 1.807) is 0 Å². The summed E-state index contributed by atoms with van der Waals surface area (Å²) >= 11 is 0. The van der Waals surface area contributed by atoms with Crippen LogP contribution < -0.4 is 10.6 Å². The fourth-order valence-corrected chi connectivity index (χ4v) is 2.89. The highest BCUT2D eigenvalue weighted by Crippen LogP contribution is 2.32. The van der Waals surface area contributed by atoms with Gasteiger partial charge >= 0.3 is 0 Å². The average molecular weight is 280 g/mol. The number of fused-ring (bicyclic) bond motifs is 1. The molecule has 1 amide bonds. The fourth-order valence-electron chi connectivity index (χ4n) is 2.89. The summed E-state index contributed by atoms with van der Waals surface area (Å²) in [7, 11) is 0. The third kappa shape index (κ3) is 2.77. The monoisotopic (exact) mass is 280 g/mol. The minimum absolute atomic E-state index is 0.224. The molecule has 0 saturated heterocycles. The number of anilines is 1. The number of nitrogens with zero attached hydrogens (tertiary/aromatic N) is 1. The first kappa shape index (κ1) is 13.7. The Morgan fingerprint density at radius 1 is 1.24 bits per heavy atom. The molecule has 2 N–H and O–H groups in total. The molecule has 21 heavy (non-hydrogen) atoms. The van der Waals surface area contributed by atoms with E-state index in [1.165, 1.54) is 16.8 Å². The lowest BCUT2D eigenvalue weighted by atomic mass is 9.97. The van der Waals surface area contributed by atoms with Crippen molar-refractivity contribution < 1.29 is 4.79 Å². The maximum atomic E-state index is 11.3. The number of amides is 1. The van der Waals surface area contributed by atoms with E-state index in [2.05, 4.69) is 41.3 Å². The maximum absolute atomic E-state index is 11.3. The van der Waals surface area contributed by atoms with E-state index < -0.39 is 0 Å². The highest BCUT2D eigenvalue weighted by molar-refractivity contribution is 5.81.